The Morgan fingerprint density at radius 2 is 0.682 bits per heavy atom. The first kappa shape index (κ1) is 37.0. The summed E-state index contributed by atoms with van der Waals surface area (Å²) in [7, 11) is 4.49. The molecule has 0 aliphatic carbocycles. The normalized spacial score (nSPS) is 12.4. The fraction of sp³-hybridized carbons (Fsp3) is 0.0312. The topological polar surface area (TPSA) is 8.17 Å². The smallest absolute Gasteiger partial charge is 0.0501 e. The van der Waals surface area contributed by atoms with Crippen LogP contribution in [-0.2, 0) is 7.05 Å². The van der Waals surface area contributed by atoms with Gasteiger partial charge in [0.2, 0.25) is 0 Å². The van der Waals surface area contributed by atoms with E-state index in [-0.39, 0.29) is 0 Å². The van der Waals surface area contributed by atoms with Crippen LogP contribution in [0.25, 0.3) is 131 Å². The molecule has 0 radical (unpaired) electrons. The maximum Gasteiger partial charge on any atom is 0.0501 e. The predicted octanol–water partition coefficient (Wildman–Crippen LogP) is 17.5. The van der Waals surface area contributed by atoms with Gasteiger partial charge in [0.15, 0.2) is 0 Å². The summed E-state index contributed by atoms with van der Waals surface area (Å²) in [5, 5.41) is 15.3. The van der Waals surface area contributed by atoms with Crippen LogP contribution in [0.5, 0.6) is 0 Å². The molecule has 0 saturated heterocycles. The van der Waals surface area contributed by atoms with Gasteiger partial charge in [0.25, 0.3) is 0 Å². The monoisotopic (exact) mass is 838 g/mol. The third kappa shape index (κ3) is 5.13. The van der Waals surface area contributed by atoms with E-state index in [1.54, 1.807) is 0 Å². The van der Waals surface area contributed by atoms with Crippen molar-refractivity contribution in [3.63, 3.8) is 0 Å². The minimum absolute atomic E-state index is 1.21. The molecule has 2 nitrogen and oxygen atoms in total. The van der Waals surface area contributed by atoms with Crippen LogP contribution >= 0.6 is 0 Å². The molecule has 1 aromatic heterocycles. The number of hydrogen-bond donors (Lipinski definition) is 0. The van der Waals surface area contributed by atoms with E-state index < -0.39 is 0 Å². The van der Waals surface area contributed by atoms with E-state index >= 15 is 0 Å². The molecule has 13 aromatic rings. The van der Waals surface area contributed by atoms with Crippen molar-refractivity contribution >= 4 is 87.0 Å². The highest BCUT2D eigenvalue weighted by Crippen LogP contribution is 2.53. The highest BCUT2D eigenvalue weighted by molar-refractivity contribution is 6.29. The summed E-state index contributed by atoms with van der Waals surface area (Å²) < 4.78 is 2.43. The van der Waals surface area contributed by atoms with E-state index in [0.717, 1.165) is 0 Å². The first-order valence-corrected chi connectivity index (χ1v) is 23.0. The first-order chi connectivity index (χ1) is 32.6. The Hall–Kier alpha value is -8.46. The minimum atomic E-state index is 1.21. The molecule has 0 atom stereocenters. The molecule has 1 aliphatic rings. The Kier molecular flexibility index (Phi) is 7.85. The van der Waals surface area contributed by atoms with E-state index in [1.807, 2.05) is 0 Å². The van der Waals surface area contributed by atoms with Crippen LogP contribution < -0.4 is 4.90 Å². The third-order valence-electron chi connectivity index (χ3n) is 14.7. The summed E-state index contributed by atoms with van der Waals surface area (Å²) in [6, 6.07) is 81.2. The number of nitrogens with zero attached hydrogens (tertiary/aromatic N) is 2. The fourth-order valence-electron chi connectivity index (χ4n) is 11.8. The van der Waals surface area contributed by atoms with Crippen molar-refractivity contribution in [1.82, 2.24) is 4.57 Å². The average molecular weight is 839 g/mol. The molecule has 0 fully saturated rings. The lowest BCUT2D eigenvalue weighted by Crippen LogP contribution is -2.15. The van der Waals surface area contributed by atoms with Crippen LogP contribution in [0.3, 0.4) is 0 Å². The Morgan fingerprint density at radius 1 is 0.258 bits per heavy atom. The first-order valence-electron chi connectivity index (χ1n) is 23.0. The molecule has 1 aliphatic heterocycles. The molecule has 0 N–H and O–H groups in total. The van der Waals surface area contributed by atoms with Crippen LogP contribution in [0.4, 0.5) is 11.4 Å². The van der Waals surface area contributed by atoms with Crippen molar-refractivity contribution in [1.29, 1.82) is 0 Å². The van der Waals surface area contributed by atoms with Crippen LogP contribution in [0.15, 0.2) is 218 Å². The van der Waals surface area contributed by atoms with Crippen LogP contribution in [0.1, 0.15) is 0 Å². The molecule has 0 bridgehead atoms. The molecular weight excluding hydrogens is 797 g/mol. The molecule has 0 amide bonds. The number of aromatic nitrogens is 1. The van der Waals surface area contributed by atoms with Gasteiger partial charge in [-0.2, -0.15) is 0 Å². The zero-order chi connectivity index (χ0) is 43.6. The number of benzene rings is 12. The molecule has 2 heteroatoms. The quantitative estimate of drug-likeness (QED) is 0.160. The van der Waals surface area contributed by atoms with Gasteiger partial charge in [0.1, 0.15) is 0 Å². The molecule has 14 rings (SSSR count). The van der Waals surface area contributed by atoms with Gasteiger partial charge in [-0.15, -0.1) is 0 Å². The maximum atomic E-state index is 2.46. The number of hydrogen-bond acceptors (Lipinski definition) is 1. The lowest BCUT2D eigenvalue weighted by atomic mass is 9.84. The summed E-state index contributed by atoms with van der Waals surface area (Å²) in [5.74, 6) is 0. The lowest BCUT2D eigenvalue weighted by molar-refractivity contribution is 1.01. The van der Waals surface area contributed by atoms with E-state index in [0.29, 0.717) is 0 Å². The van der Waals surface area contributed by atoms with Crippen molar-refractivity contribution in [3.05, 3.63) is 218 Å². The maximum absolute atomic E-state index is 2.46. The molecule has 0 unspecified atom stereocenters. The minimum Gasteiger partial charge on any atom is -0.344 e. The molecule has 0 spiro atoms. The Labute approximate surface area is 382 Å². The van der Waals surface area contributed by atoms with Gasteiger partial charge in [0.05, 0.1) is 5.52 Å². The fourth-order valence-corrected chi connectivity index (χ4v) is 11.8. The van der Waals surface area contributed by atoms with E-state index in [9.17, 15) is 0 Å². The van der Waals surface area contributed by atoms with Crippen LogP contribution in [-0.4, -0.2) is 11.6 Å². The molecule has 12 aromatic carbocycles. The lowest BCUT2D eigenvalue weighted by Gasteiger charge is -2.31. The van der Waals surface area contributed by atoms with E-state index in [2.05, 4.69) is 242 Å². The van der Waals surface area contributed by atoms with Crippen LogP contribution in [0.2, 0.25) is 0 Å². The predicted molar refractivity (Wildman–Crippen MR) is 283 cm³/mol. The molecular formula is C64H42N2. The van der Waals surface area contributed by atoms with Gasteiger partial charge in [0, 0.05) is 52.7 Å². The molecule has 66 heavy (non-hydrogen) atoms. The van der Waals surface area contributed by atoms with Crippen molar-refractivity contribution in [3.8, 4) is 55.6 Å². The average Bonchev–Trinajstić information content (AvgIpc) is 3.66. The zero-order valence-corrected chi connectivity index (χ0v) is 36.7. The highest BCUT2D eigenvalue weighted by atomic mass is 15.1. The highest BCUT2D eigenvalue weighted by Gasteiger charge is 2.27. The number of fused-ring (bicyclic) bond motifs is 10. The van der Waals surface area contributed by atoms with Gasteiger partial charge in [-0.1, -0.05) is 194 Å². The Balaban J connectivity index is 0.978. The number of rotatable bonds is 4. The van der Waals surface area contributed by atoms with E-state index in [4.69, 9.17) is 0 Å². The van der Waals surface area contributed by atoms with Crippen LogP contribution in [0, 0.1) is 0 Å². The summed E-state index contributed by atoms with van der Waals surface area (Å²) in [4.78, 5) is 2.42. The standard InChI is InChI=1S/C64H42N2/c1-65-55-31-17-30-53-63-52-35-33-42(62-50-28-15-11-24-46(50)60(40-20-7-4-8-21-40)47-25-12-16-29-51(47)62)37-57(52)66(2)58(63)38-54(64(53)55)43-34-32-41(36-56(43)65)61-48-26-13-9-22-44(48)59(39-18-5-3-6-19-39)45-23-10-14-27-49(45)61/h3-38H,1-2H3. The summed E-state index contributed by atoms with van der Waals surface area (Å²) in [5.41, 5.74) is 17.5. The number of aryl methyl sites for hydroxylation is 1. The number of anilines is 2. The van der Waals surface area contributed by atoms with Crippen molar-refractivity contribution in [2.24, 2.45) is 7.05 Å². The van der Waals surface area contributed by atoms with Crippen molar-refractivity contribution < 1.29 is 0 Å². The molecule has 308 valence electrons. The van der Waals surface area contributed by atoms with E-state index in [1.165, 1.54) is 143 Å². The second-order valence-corrected chi connectivity index (χ2v) is 18.0. The molecule has 2 heterocycles. The summed E-state index contributed by atoms with van der Waals surface area (Å²) in [6.07, 6.45) is 0. The van der Waals surface area contributed by atoms with Gasteiger partial charge < -0.3 is 9.47 Å². The summed E-state index contributed by atoms with van der Waals surface area (Å²) >= 11 is 0. The Bertz CT molecular complexity index is 4060. The van der Waals surface area contributed by atoms with Crippen molar-refractivity contribution in [2.45, 2.75) is 0 Å². The summed E-state index contributed by atoms with van der Waals surface area (Å²) in [6.45, 7) is 0. The van der Waals surface area contributed by atoms with Crippen molar-refractivity contribution in [2.75, 3.05) is 11.9 Å². The van der Waals surface area contributed by atoms with Gasteiger partial charge in [-0.3, -0.25) is 0 Å². The van der Waals surface area contributed by atoms with Gasteiger partial charge in [-0.05, 0) is 123 Å². The Morgan fingerprint density at radius 3 is 1.18 bits per heavy atom. The second-order valence-electron chi connectivity index (χ2n) is 18.0. The zero-order valence-electron chi connectivity index (χ0n) is 36.7. The SMILES string of the molecule is CN1c2cc(-c3c4ccccc4c(-c4ccccc4)c4ccccc34)ccc2-c2cc3c(c4cccc1c24)c1ccc(-c2c4ccccc4c(-c4ccccc4)c4ccccc24)cc1n3C. The third-order valence-corrected chi connectivity index (χ3v) is 14.7. The molecule has 0 saturated carbocycles. The van der Waals surface area contributed by atoms with Gasteiger partial charge in [-0.25, -0.2) is 0 Å². The van der Waals surface area contributed by atoms with Gasteiger partial charge >= 0.3 is 0 Å². The largest absolute Gasteiger partial charge is 0.344 e. The second kappa shape index (κ2) is 14.0.